The van der Waals surface area contributed by atoms with Gasteiger partial charge in [-0.15, -0.1) is 11.8 Å². The fourth-order valence-corrected chi connectivity index (χ4v) is 2.99. The molecular formula is C17H13F3N2O4S. The minimum absolute atomic E-state index is 0.0667. The zero-order valence-electron chi connectivity index (χ0n) is 13.9. The summed E-state index contributed by atoms with van der Waals surface area (Å²) in [5.41, 5.74) is -1.28. The van der Waals surface area contributed by atoms with Crippen LogP contribution in [0.15, 0.2) is 47.4 Å². The lowest BCUT2D eigenvalue weighted by Gasteiger charge is -2.10. The fraction of sp³-hybridized carbons (Fsp3) is 0.176. The Bertz CT molecular complexity index is 900. The van der Waals surface area contributed by atoms with E-state index in [-0.39, 0.29) is 22.1 Å². The van der Waals surface area contributed by atoms with Gasteiger partial charge < -0.3 is 5.32 Å². The van der Waals surface area contributed by atoms with Crippen molar-refractivity contribution >= 4 is 34.8 Å². The molecule has 0 bridgehead atoms. The first kappa shape index (κ1) is 20.4. The van der Waals surface area contributed by atoms with Crippen LogP contribution in [0.25, 0.3) is 0 Å². The molecule has 0 heterocycles. The van der Waals surface area contributed by atoms with Gasteiger partial charge in [-0.3, -0.25) is 19.7 Å². The summed E-state index contributed by atoms with van der Waals surface area (Å²) in [4.78, 5) is 33.7. The quantitative estimate of drug-likeness (QED) is 0.334. The highest BCUT2D eigenvalue weighted by Gasteiger charge is 2.33. The number of para-hydroxylation sites is 1. The molecule has 0 aliphatic carbocycles. The van der Waals surface area contributed by atoms with Crippen LogP contribution in [0.4, 0.5) is 24.5 Å². The largest absolute Gasteiger partial charge is 0.416 e. The van der Waals surface area contributed by atoms with Crippen LogP contribution in [0.5, 0.6) is 0 Å². The van der Waals surface area contributed by atoms with Crippen LogP contribution in [-0.4, -0.2) is 22.4 Å². The van der Waals surface area contributed by atoms with Crippen LogP contribution in [0.1, 0.15) is 22.8 Å². The van der Waals surface area contributed by atoms with E-state index < -0.39 is 28.3 Å². The van der Waals surface area contributed by atoms with Gasteiger partial charge in [-0.1, -0.05) is 12.1 Å². The van der Waals surface area contributed by atoms with Gasteiger partial charge in [-0.2, -0.15) is 13.2 Å². The molecular weight excluding hydrogens is 385 g/mol. The number of alkyl halides is 3. The van der Waals surface area contributed by atoms with E-state index in [1.54, 1.807) is 12.1 Å². The van der Waals surface area contributed by atoms with Gasteiger partial charge in [-0.25, -0.2) is 0 Å². The summed E-state index contributed by atoms with van der Waals surface area (Å²) < 4.78 is 38.1. The van der Waals surface area contributed by atoms with Crippen LogP contribution in [0, 0.1) is 10.1 Å². The summed E-state index contributed by atoms with van der Waals surface area (Å²) >= 11 is 0.730. The Morgan fingerprint density at radius 2 is 1.85 bits per heavy atom. The van der Waals surface area contributed by atoms with Gasteiger partial charge in [0.2, 0.25) is 5.91 Å². The van der Waals surface area contributed by atoms with E-state index in [0.29, 0.717) is 11.6 Å². The number of halogens is 3. The molecule has 0 saturated heterocycles. The maximum atomic E-state index is 12.7. The second-order valence-electron chi connectivity index (χ2n) is 5.38. The smallest absolute Gasteiger partial charge is 0.325 e. The molecule has 0 unspecified atom stereocenters. The number of thioether (sulfide) groups is 1. The number of nitro groups is 1. The molecule has 2 aromatic rings. The minimum Gasteiger partial charge on any atom is -0.325 e. The number of anilines is 1. The lowest BCUT2D eigenvalue weighted by Crippen LogP contribution is -2.16. The van der Waals surface area contributed by atoms with Crippen LogP contribution in [-0.2, 0) is 11.0 Å². The number of carbonyl (C=O) groups excluding carboxylic acids is 2. The van der Waals surface area contributed by atoms with Crippen molar-refractivity contribution in [2.24, 2.45) is 0 Å². The number of benzene rings is 2. The molecule has 1 amide bonds. The number of hydrogen-bond acceptors (Lipinski definition) is 5. The molecule has 0 spiro atoms. The van der Waals surface area contributed by atoms with E-state index in [9.17, 15) is 32.9 Å². The lowest BCUT2D eigenvalue weighted by atomic mass is 10.1. The second-order valence-corrected chi connectivity index (χ2v) is 6.39. The summed E-state index contributed by atoms with van der Waals surface area (Å²) in [6.45, 7) is 1.34. The maximum absolute atomic E-state index is 12.7. The normalized spacial score (nSPS) is 11.1. The maximum Gasteiger partial charge on any atom is 0.416 e. The Kier molecular flexibility index (Phi) is 6.21. The highest BCUT2D eigenvalue weighted by atomic mass is 32.2. The first-order valence-electron chi connectivity index (χ1n) is 7.48. The van der Waals surface area contributed by atoms with Gasteiger partial charge >= 0.3 is 6.18 Å². The third-order valence-corrected chi connectivity index (χ3v) is 4.48. The van der Waals surface area contributed by atoms with Gasteiger partial charge in [0.05, 0.1) is 26.8 Å². The Balaban J connectivity index is 2.13. The molecule has 10 heteroatoms. The van der Waals surface area contributed by atoms with Crippen molar-refractivity contribution in [3.8, 4) is 0 Å². The molecule has 0 radical (unpaired) electrons. The number of amides is 1. The number of nitrogens with one attached hydrogen (secondary N) is 1. The van der Waals surface area contributed by atoms with Crippen molar-refractivity contribution in [1.82, 2.24) is 0 Å². The van der Waals surface area contributed by atoms with Crippen molar-refractivity contribution in [3.63, 3.8) is 0 Å². The van der Waals surface area contributed by atoms with Crippen molar-refractivity contribution in [3.05, 3.63) is 63.7 Å². The summed E-state index contributed by atoms with van der Waals surface area (Å²) in [7, 11) is 0. The van der Waals surface area contributed by atoms with Crippen molar-refractivity contribution in [2.75, 3.05) is 11.1 Å². The molecule has 2 rings (SSSR count). The van der Waals surface area contributed by atoms with E-state index >= 15 is 0 Å². The molecule has 0 aliphatic heterocycles. The van der Waals surface area contributed by atoms with Gasteiger partial charge in [0.25, 0.3) is 5.69 Å². The van der Waals surface area contributed by atoms with E-state index in [2.05, 4.69) is 5.32 Å². The SMILES string of the molecule is CC(=O)c1ccccc1NC(=O)CSc1ccc(C(F)(F)F)cc1[N+](=O)[O-]. The molecule has 27 heavy (non-hydrogen) atoms. The molecule has 2 aromatic carbocycles. The average molecular weight is 398 g/mol. The number of ketones is 1. The van der Waals surface area contributed by atoms with E-state index in [1.807, 2.05) is 0 Å². The molecule has 142 valence electrons. The second kappa shape index (κ2) is 8.21. The first-order valence-corrected chi connectivity index (χ1v) is 8.46. The molecule has 0 aliphatic rings. The lowest BCUT2D eigenvalue weighted by molar-refractivity contribution is -0.388. The highest BCUT2D eigenvalue weighted by molar-refractivity contribution is 8.00. The number of hydrogen-bond donors (Lipinski definition) is 1. The van der Waals surface area contributed by atoms with Crippen molar-refractivity contribution in [1.29, 1.82) is 0 Å². The van der Waals surface area contributed by atoms with Gasteiger partial charge in [0.1, 0.15) is 0 Å². The molecule has 0 aromatic heterocycles. The predicted octanol–water partition coefficient (Wildman–Crippen LogP) is 4.55. The number of nitro benzene ring substituents is 1. The molecule has 6 nitrogen and oxygen atoms in total. The third kappa shape index (κ3) is 5.30. The van der Waals surface area contributed by atoms with Gasteiger partial charge in [0, 0.05) is 11.6 Å². The van der Waals surface area contributed by atoms with Crippen molar-refractivity contribution in [2.45, 2.75) is 18.0 Å². The van der Waals surface area contributed by atoms with Crippen LogP contribution >= 0.6 is 11.8 Å². The Morgan fingerprint density at radius 3 is 2.44 bits per heavy atom. The Morgan fingerprint density at radius 1 is 1.19 bits per heavy atom. The topological polar surface area (TPSA) is 89.3 Å². The van der Waals surface area contributed by atoms with Crippen molar-refractivity contribution < 1.29 is 27.7 Å². The summed E-state index contributed by atoms with van der Waals surface area (Å²) in [5.74, 6) is -1.09. The number of rotatable bonds is 6. The predicted molar refractivity (Wildman–Crippen MR) is 93.9 cm³/mol. The summed E-state index contributed by atoms with van der Waals surface area (Å²) in [6.07, 6.45) is -4.71. The van der Waals surface area contributed by atoms with Gasteiger partial charge in [0.15, 0.2) is 5.78 Å². The molecule has 1 N–H and O–H groups in total. The van der Waals surface area contributed by atoms with Crippen LogP contribution < -0.4 is 5.32 Å². The summed E-state index contributed by atoms with van der Waals surface area (Å²) in [6, 6.07) is 8.43. The number of nitrogens with zero attached hydrogens (tertiary/aromatic N) is 1. The van der Waals surface area contributed by atoms with E-state index in [4.69, 9.17) is 0 Å². The molecule has 0 fully saturated rings. The van der Waals surface area contributed by atoms with E-state index in [1.165, 1.54) is 19.1 Å². The highest BCUT2D eigenvalue weighted by Crippen LogP contribution is 2.36. The molecule has 0 saturated carbocycles. The molecule has 0 atom stereocenters. The summed E-state index contributed by atoms with van der Waals surface area (Å²) in [5, 5.41) is 13.6. The van der Waals surface area contributed by atoms with Crippen LogP contribution in [0.3, 0.4) is 0 Å². The Labute approximate surface area is 155 Å². The first-order chi connectivity index (χ1) is 12.6. The van der Waals surface area contributed by atoms with E-state index in [0.717, 1.165) is 23.9 Å². The number of Topliss-reactive ketones (excluding diaryl/α,β-unsaturated/α-hetero) is 1. The Hall–Kier alpha value is -2.88. The van der Waals surface area contributed by atoms with Crippen LogP contribution in [0.2, 0.25) is 0 Å². The fourth-order valence-electron chi connectivity index (χ4n) is 2.19. The zero-order chi connectivity index (χ0) is 20.2. The average Bonchev–Trinajstić information content (AvgIpc) is 2.59. The number of carbonyl (C=O) groups is 2. The third-order valence-electron chi connectivity index (χ3n) is 3.42. The van der Waals surface area contributed by atoms with Gasteiger partial charge in [-0.05, 0) is 31.2 Å². The standard InChI is InChI=1S/C17H13F3N2O4S/c1-10(23)12-4-2-3-5-13(12)21-16(24)9-27-15-7-6-11(17(18,19)20)8-14(15)22(25)26/h2-8H,9H2,1H3,(H,21,24). The monoisotopic (exact) mass is 398 g/mol. The minimum atomic E-state index is -4.71. The zero-order valence-corrected chi connectivity index (χ0v) is 14.7.